The summed E-state index contributed by atoms with van der Waals surface area (Å²) in [4.78, 5) is 12.5. The third-order valence-corrected chi connectivity index (χ3v) is 1.08. The maximum atomic E-state index is 10.7. The highest BCUT2D eigenvalue weighted by Crippen LogP contribution is 1.81. The summed E-state index contributed by atoms with van der Waals surface area (Å²) in [7, 11) is 3.18. The number of nitrogens with zero attached hydrogens (tertiary/aromatic N) is 1. The Bertz CT molecular complexity index is 148. The molecular weight excluding hydrogens is 150 g/mol. The molecule has 0 unspecified atom stereocenters. The molecule has 10 heavy (non-hydrogen) atoms. The SMILES string of the molecule is CNC(=O)N(C)CC(N)=S. The van der Waals surface area contributed by atoms with Crippen LogP contribution >= 0.6 is 12.2 Å². The van der Waals surface area contributed by atoms with Gasteiger partial charge in [-0.05, 0) is 0 Å². The van der Waals surface area contributed by atoms with Gasteiger partial charge in [-0.25, -0.2) is 4.79 Å². The van der Waals surface area contributed by atoms with Gasteiger partial charge in [0.15, 0.2) is 0 Å². The number of hydrogen-bond donors (Lipinski definition) is 2. The van der Waals surface area contributed by atoms with E-state index in [-0.39, 0.29) is 6.03 Å². The van der Waals surface area contributed by atoms with Gasteiger partial charge in [0.25, 0.3) is 0 Å². The average Bonchev–Trinajstić information content (AvgIpc) is 1.85. The van der Waals surface area contributed by atoms with Gasteiger partial charge < -0.3 is 16.0 Å². The van der Waals surface area contributed by atoms with Crippen molar-refractivity contribution >= 4 is 23.2 Å². The van der Waals surface area contributed by atoms with E-state index >= 15 is 0 Å². The molecule has 0 aliphatic carbocycles. The molecular formula is C5H11N3OS. The Labute approximate surface area is 65.4 Å². The number of rotatable bonds is 2. The van der Waals surface area contributed by atoms with Crippen molar-refractivity contribution in [2.45, 2.75) is 0 Å². The summed E-state index contributed by atoms with van der Waals surface area (Å²) in [5.74, 6) is 0. The van der Waals surface area contributed by atoms with Crippen LogP contribution in [0.25, 0.3) is 0 Å². The van der Waals surface area contributed by atoms with Gasteiger partial charge in [0.05, 0.1) is 11.5 Å². The number of urea groups is 1. The minimum absolute atomic E-state index is 0.187. The van der Waals surface area contributed by atoms with Gasteiger partial charge in [-0.2, -0.15) is 0 Å². The van der Waals surface area contributed by atoms with E-state index < -0.39 is 0 Å². The zero-order valence-corrected chi connectivity index (χ0v) is 6.86. The monoisotopic (exact) mass is 161 g/mol. The van der Waals surface area contributed by atoms with Crippen molar-refractivity contribution in [3.63, 3.8) is 0 Å². The fourth-order valence-electron chi connectivity index (χ4n) is 0.496. The van der Waals surface area contributed by atoms with E-state index in [9.17, 15) is 4.79 Å². The van der Waals surface area contributed by atoms with Crippen LogP contribution in [0.3, 0.4) is 0 Å². The summed E-state index contributed by atoms with van der Waals surface area (Å²) in [6.07, 6.45) is 0. The maximum Gasteiger partial charge on any atom is 0.317 e. The summed E-state index contributed by atoms with van der Waals surface area (Å²) in [5.41, 5.74) is 5.20. The minimum atomic E-state index is -0.187. The molecule has 0 radical (unpaired) electrons. The number of amides is 2. The molecule has 0 spiro atoms. The zero-order valence-electron chi connectivity index (χ0n) is 6.05. The molecule has 0 aromatic rings. The lowest BCUT2D eigenvalue weighted by Crippen LogP contribution is -2.39. The molecule has 0 aromatic heterocycles. The lowest BCUT2D eigenvalue weighted by atomic mass is 10.6. The fourth-order valence-corrected chi connectivity index (χ4v) is 0.690. The molecule has 0 saturated carbocycles. The van der Waals surface area contributed by atoms with Crippen LogP contribution in [0.15, 0.2) is 0 Å². The van der Waals surface area contributed by atoms with Gasteiger partial charge in [0, 0.05) is 14.1 Å². The third-order valence-electron chi connectivity index (χ3n) is 0.954. The highest BCUT2D eigenvalue weighted by atomic mass is 32.1. The molecule has 0 aliphatic rings. The smallest absolute Gasteiger partial charge is 0.317 e. The third kappa shape index (κ3) is 3.24. The van der Waals surface area contributed by atoms with Crippen LogP contribution in [-0.2, 0) is 0 Å². The highest BCUT2D eigenvalue weighted by Gasteiger charge is 2.04. The molecule has 0 bridgehead atoms. The Kier molecular flexibility index (Phi) is 3.71. The molecule has 3 N–H and O–H groups in total. The normalized spacial score (nSPS) is 8.60. The first-order valence-electron chi connectivity index (χ1n) is 2.79. The van der Waals surface area contributed by atoms with Gasteiger partial charge >= 0.3 is 6.03 Å². The Morgan fingerprint density at radius 1 is 1.80 bits per heavy atom. The number of thiocarbonyl (C=S) groups is 1. The van der Waals surface area contributed by atoms with Gasteiger partial charge in [-0.3, -0.25) is 0 Å². The van der Waals surface area contributed by atoms with Crippen LogP contribution in [0.2, 0.25) is 0 Å². The largest absolute Gasteiger partial charge is 0.392 e. The molecule has 0 aliphatic heterocycles. The number of hydrogen-bond acceptors (Lipinski definition) is 2. The van der Waals surface area contributed by atoms with Crippen molar-refractivity contribution in [2.24, 2.45) is 5.73 Å². The van der Waals surface area contributed by atoms with Gasteiger partial charge in [-0.1, -0.05) is 12.2 Å². The van der Waals surface area contributed by atoms with E-state index in [1.165, 1.54) is 4.90 Å². The number of carbonyl (C=O) groups is 1. The fraction of sp³-hybridized carbons (Fsp3) is 0.600. The van der Waals surface area contributed by atoms with Crippen molar-refractivity contribution in [2.75, 3.05) is 20.6 Å². The Morgan fingerprint density at radius 2 is 2.30 bits per heavy atom. The summed E-state index contributed by atoms with van der Waals surface area (Å²) in [6, 6.07) is -0.187. The van der Waals surface area contributed by atoms with Crippen molar-refractivity contribution in [1.29, 1.82) is 0 Å². The first kappa shape index (κ1) is 9.16. The first-order valence-corrected chi connectivity index (χ1v) is 3.20. The van der Waals surface area contributed by atoms with Gasteiger partial charge in [0.1, 0.15) is 0 Å². The summed E-state index contributed by atoms with van der Waals surface area (Å²) in [5, 5.41) is 2.44. The van der Waals surface area contributed by atoms with E-state index in [1.807, 2.05) is 0 Å². The molecule has 0 fully saturated rings. The maximum absolute atomic E-state index is 10.7. The number of likely N-dealkylation sites (N-methyl/N-ethyl adjacent to an activating group) is 1. The van der Waals surface area contributed by atoms with Crippen LogP contribution in [0.1, 0.15) is 0 Å². The summed E-state index contributed by atoms with van der Waals surface area (Å²) >= 11 is 4.60. The lowest BCUT2D eigenvalue weighted by molar-refractivity contribution is 0.217. The van der Waals surface area contributed by atoms with E-state index in [1.54, 1.807) is 14.1 Å². The average molecular weight is 161 g/mol. The first-order chi connectivity index (χ1) is 4.57. The standard InChI is InChI=1S/C5H11N3OS/c1-7-5(9)8(2)3-4(6)10/h3H2,1-2H3,(H2,6,10)(H,7,9). The van der Waals surface area contributed by atoms with Crippen molar-refractivity contribution in [3.05, 3.63) is 0 Å². The number of carbonyl (C=O) groups excluding carboxylic acids is 1. The lowest BCUT2D eigenvalue weighted by Gasteiger charge is -2.14. The summed E-state index contributed by atoms with van der Waals surface area (Å²) in [6.45, 7) is 0.314. The molecule has 0 aromatic carbocycles. The zero-order chi connectivity index (χ0) is 8.15. The van der Waals surface area contributed by atoms with E-state index in [0.717, 1.165) is 0 Å². The molecule has 0 heterocycles. The number of nitrogens with one attached hydrogen (secondary N) is 1. The topological polar surface area (TPSA) is 58.4 Å². The van der Waals surface area contributed by atoms with Crippen LogP contribution in [0, 0.1) is 0 Å². The molecule has 2 amide bonds. The molecule has 0 atom stereocenters. The van der Waals surface area contributed by atoms with Crippen LogP contribution in [0.5, 0.6) is 0 Å². The quantitative estimate of drug-likeness (QED) is 0.539. The van der Waals surface area contributed by atoms with Crippen molar-refractivity contribution in [3.8, 4) is 0 Å². The van der Waals surface area contributed by atoms with Crippen molar-refractivity contribution in [1.82, 2.24) is 10.2 Å². The molecule has 4 nitrogen and oxygen atoms in total. The van der Waals surface area contributed by atoms with E-state index in [4.69, 9.17) is 5.73 Å². The van der Waals surface area contributed by atoms with Crippen LogP contribution < -0.4 is 11.1 Å². The van der Waals surface area contributed by atoms with Crippen LogP contribution in [-0.4, -0.2) is 36.6 Å². The Hall–Kier alpha value is -0.840. The van der Waals surface area contributed by atoms with Gasteiger partial charge in [0.2, 0.25) is 0 Å². The van der Waals surface area contributed by atoms with E-state index in [2.05, 4.69) is 17.5 Å². The predicted molar refractivity (Wildman–Crippen MR) is 43.9 cm³/mol. The van der Waals surface area contributed by atoms with Gasteiger partial charge in [-0.15, -0.1) is 0 Å². The Morgan fingerprint density at radius 3 is 2.60 bits per heavy atom. The predicted octanol–water partition coefficient (Wildman–Crippen LogP) is -0.456. The molecule has 0 saturated heterocycles. The molecule has 58 valence electrons. The summed E-state index contributed by atoms with van der Waals surface area (Å²) < 4.78 is 0. The van der Waals surface area contributed by atoms with E-state index in [0.29, 0.717) is 11.5 Å². The second-order valence-electron chi connectivity index (χ2n) is 1.88. The molecule has 5 heteroatoms. The molecule has 0 rings (SSSR count). The number of nitrogens with two attached hydrogens (primary N) is 1. The van der Waals surface area contributed by atoms with Crippen molar-refractivity contribution < 1.29 is 4.79 Å². The second-order valence-corrected chi connectivity index (χ2v) is 2.40. The highest BCUT2D eigenvalue weighted by molar-refractivity contribution is 7.80. The van der Waals surface area contributed by atoms with Crippen LogP contribution in [0.4, 0.5) is 4.79 Å². The Balaban J connectivity index is 3.72. The minimum Gasteiger partial charge on any atom is -0.392 e. The second kappa shape index (κ2) is 4.05.